The van der Waals surface area contributed by atoms with Gasteiger partial charge in [-0.2, -0.15) is 21.6 Å². The van der Waals surface area contributed by atoms with Gasteiger partial charge in [0.15, 0.2) is 6.61 Å². The van der Waals surface area contributed by atoms with E-state index in [1.807, 2.05) is 0 Å². The van der Waals surface area contributed by atoms with Crippen molar-refractivity contribution in [1.82, 2.24) is 5.32 Å². The second kappa shape index (κ2) is 9.13. The number of hydrogen-bond donors (Lipinski definition) is 1. The van der Waals surface area contributed by atoms with Gasteiger partial charge in [0.05, 0.1) is 6.61 Å². The maximum Gasteiger partial charge on any atom is 0.534 e. The van der Waals surface area contributed by atoms with Crippen LogP contribution in [0.5, 0.6) is 5.75 Å². The predicted octanol–water partition coefficient (Wildman–Crippen LogP) is 1.75. The van der Waals surface area contributed by atoms with E-state index in [0.29, 0.717) is 38.0 Å². The lowest BCUT2D eigenvalue weighted by atomic mass is 9.99. The molecular weight excluding hydrogens is 443 g/mol. The van der Waals surface area contributed by atoms with Gasteiger partial charge in [-0.15, -0.1) is 0 Å². The fourth-order valence-electron chi connectivity index (χ4n) is 3.84. The summed E-state index contributed by atoms with van der Waals surface area (Å²) in [5.74, 6) is -1.37. The first-order valence-corrected chi connectivity index (χ1v) is 11.0. The van der Waals surface area contributed by atoms with Crippen molar-refractivity contribution in [3.8, 4) is 5.75 Å². The van der Waals surface area contributed by atoms with Crippen molar-refractivity contribution in [3.05, 3.63) is 28.8 Å². The number of benzene rings is 1. The minimum absolute atomic E-state index is 0.169. The molecule has 1 aliphatic carbocycles. The van der Waals surface area contributed by atoms with Crippen molar-refractivity contribution in [1.29, 1.82) is 0 Å². The zero-order valence-electron chi connectivity index (χ0n) is 16.7. The summed E-state index contributed by atoms with van der Waals surface area (Å²) in [5, 5.41) is 3.01. The van der Waals surface area contributed by atoms with E-state index in [-0.39, 0.29) is 23.5 Å². The number of Topliss-reactive ketones (excluding diaryl/α,β-unsaturated/α-hetero) is 1. The van der Waals surface area contributed by atoms with Crippen LogP contribution in [-0.2, 0) is 37.2 Å². The fraction of sp³-hybridized carbons (Fsp3) is 0.579. The number of halogens is 3. The number of carbonyl (C=O) groups is 2. The highest BCUT2D eigenvalue weighted by Crippen LogP contribution is 2.36. The monoisotopic (exact) mass is 465 g/mol. The molecule has 0 amide bonds. The molecule has 0 saturated carbocycles. The minimum Gasteiger partial charge on any atom is -0.456 e. The largest absolute Gasteiger partial charge is 0.534 e. The summed E-state index contributed by atoms with van der Waals surface area (Å²) in [6.45, 7) is 0.567. The van der Waals surface area contributed by atoms with Gasteiger partial charge in [-0.25, -0.2) is 0 Å². The Morgan fingerprint density at radius 1 is 1.19 bits per heavy atom. The zero-order chi connectivity index (χ0) is 22.8. The molecule has 1 aliphatic heterocycles. The molecule has 2 atom stereocenters. The first-order chi connectivity index (χ1) is 14.5. The van der Waals surface area contributed by atoms with Crippen molar-refractivity contribution >= 4 is 21.9 Å². The Labute approximate surface area is 177 Å². The van der Waals surface area contributed by atoms with Crippen LogP contribution in [0.3, 0.4) is 0 Å². The number of alkyl halides is 3. The number of rotatable bonds is 8. The Morgan fingerprint density at radius 2 is 1.90 bits per heavy atom. The second-order valence-corrected chi connectivity index (χ2v) is 8.99. The van der Waals surface area contributed by atoms with Gasteiger partial charge >= 0.3 is 21.6 Å². The van der Waals surface area contributed by atoms with Crippen LogP contribution in [0.1, 0.15) is 34.3 Å². The van der Waals surface area contributed by atoms with Crippen LogP contribution in [0.15, 0.2) is 12.1 Å². The summed E-state index contributed by atoms with van der Waals surface area (Å²) >= 11 is 0. The molecule has 1 N–H and O–H groups in total. The number of nitrogens with one attached hydrogen (secondary N) is 1. The standard InChI is InChI=1S/C19H22F3NO7S/c1-28-9-11-7-15(23-8-11)18(25)29-10-16(24)13-5-6-17(14-4-2-3-12(13)14)30-31(26,27)19(20,21)22/h5-6,11,15,23H,2-4,7-10H2,1H3/t11-,15-/m0/s1. The number of esters is 1. The molecule has 1 fully saturated rings. The molecule has 0 aromatic heterocycles. The van der Waals surface area contributed by atoms with Gasteiger partial charge in [0.25, 0.3) is 0 Å². The Balaban J connectivity index is 1.67. The van der Waals surface area contributed by atoms with E-state index >= 15 is 0 Å². The third-order valence-electron chi connectivity index (χ3n) is 5.28. The van der Waals surface area contributed by atoms with Crippen molar-refractivity contribution in [3.63, 3.8) is 0 Å². The first kappa shape index (κ1) is 23.5. The molecule has 1 aromatic rings. The molecule has 172 valence electrons. The van der Waals surface area contributed by atoms with Gasteiger partial charge in [-0.3, -0.25) is 9.59 Å². The molecule has 8 nitrogen and oxygen atoms in total. The average molecular weight is 465 g/mol. The number of ketones is 1. The Kier molecular flexibility index (Phi) is 6.92. The van der Waals surface area contributed by atoms with E-state index in [4.69, 9.17) is 9.47 Å². The lowest BCUT2D eigenvalue weighted by molar-refractivity contribution is -0.144. The molecule has 31 heavy (non-hydrogen) atoms. The molecule has 3 rings (SSSR count). The van der Waals surface area contributed by atoms with E-state index in [0.717, 1.165) is 6.07 Å². The van der Waals surface area contributed by atoms with Crippen molar-refractivity contribution in [2.24, 2.45) is 5.92 Å². The maximum absolute atomic E-state index is 12.6. The quantitative estimate of drug-likeness (QED) is 0.268. The van der Waals surface area contributed by atoms with Crippen LogP contribution in [0.4, 0.5) is 13.2 Å². The Morgan fingerprint density at radius 3 is 2.58 bits per heavy atom. The summed E-state index contributed by atoms with van der Waals surface area (Å²) in [6.07, 6.45) is 1.69. The van der Waals surface area contributed by atoms with Gasteiger partial charge in [-0.1, -0.05) is 0 Å². The summed E-state index contributed by atoms with van der Waals surface area (Å²) in [6, 6.07) is 1.68. The third-order valence-corrected chi connectivity index (χ3v) is 6.25. The third kappa shape index (κ3) is 5.18. The van der Waals surface area contributed by atoms with E-state index in [1.54, 1.807) is 7.11 Å². The normalized spacial score (nSPS) is 21.0. The topological polar surface area (TPSA) is 108 Å². The minimum atomic E-state index is -5.82. The summed E-state index contributed by atoms with van der Waals surface area (Å²) in [7, 11) is -4.25. The van der Waals surface area contributed by atoms with Crippen LogP contribution in [0, 0.1) is 5.92 Å². The molecular formula is C19H22F3NO7S. The number of hydrogen-bond acceptors (Lipinski definition) is 8. The van der Waals surface area contributed by atoms with Crippen LogP contribution >= 0.6 is 0 Å². The maximum atomic E-state index is 12.6. The van der Waals surface area contributed by atoms with Gasteiger partial charge < -0.3 is 19.0 Å². The molecule has 0 bridgehead atoms. The summed E-state index contributed by atoms with van der Waals surface area (Å²) < 4.78 is 75.0. The van der Waals surface area contributed by atoms with Gasteiger partial charge in [0.1, 0.15) is 11.8 Å². The van der Waals surface area contributed by atoms with Crippen molar-refractivity contribution in [2.75, 3.05) is 26.9 Å². The highest BCUT2D eigenvalue weighted by molar-refractivity contribution is 7.88. The second-order valence-electron chi connectivity index (χ2n) is 7.45. The molecule has 1 heterocycles. The predicted molar refractivity (Wildman–Crippen MR) is 101 cm³/mol. The fourth-order valence-corrected chi connectivity index (χ4v) is 4.33. The van der Waals surface area contributed by atoms with Gasteiger partial charge in [0, 0.05) is 19.2 Å². The number of carbonyl (C=O) groups excluding carboxylic acids is 2. The van der Waals surface area contributed by atoms with Crippen LogP contribution in [-0.4, -0.2) is 58.6 Å². The van der Waals surface area contributed by atoms with Crippen molar-refractivity contribution in [2.45, 2.75) is 37.2 Å². The Hall–Kier alpha value is -2.18. The van der Waals surface area contributed by atoms with Gasteiger partial charge in [0.2, 0.25) is 5.78 Å². The molecule has 1 saturated heterocycles. The smallest absolute Gasteiger partial charge is 0.456 e. The van der Waals surface area contributed by atoms with E-state index in [1.165, 1.54) is 6.07 Å². The van der Waals surface area contributed by atoms with Crippen LogP contribution in [0.25, 0.3) is 0 Å². The molecule has 0 unspecified atom stereocenters. The SMILES string of the molecule is COC[C@@H]1CN[C@H](C(=O)OCC(=O)c2ccc(OS(=O)(=O)C(F)(F)F)c3c2CCC3)C1. The highest BCUT2D eigenvalue weighted by atomic mass is 32.2. The Bertz CT molecular complexity index is 962. The van der Waals surface area contributed by atoms with Gasteiger partial charge in [-0.05, 0) is 54.9 Å². The lowest BCUT2D eigenvalue weighted by Crippen LogP contribution is -2.33. The number of methoxy groups -OCH3 is 1. The summed E-state index contributed by atoms with van der Waals surface area (Å²) in [5.41, 5.74) is -4.73. The van der Waals surface area contributed by atoms with Crippen LogP contribution in [0.2, 0.25) is 0 Å². The average Bonchev–Trinajstić information content (AvgIpc) is 3.35. The van der Waals surface area contributed by atoms with E-state index in [9.17, 15) is 31.2 Å². The molecule has 1 aromatic carbocycles. The lowest BCUT2D eigenvalue weighted by Gasteiger charge is -2.15. The molecule has 12 heteroatoms. The number of fused-ring (bicyclic) bond motifs is 1. The highest BCUT2D eigenvalue weighted by Gasteiger charge is 2.49. The van der Waals surface area contributed by atoms with Crippen molar-refractivity contribution < 1.29 is 44.8 Å². The molecule has 2 aliphatic rings. The summed E-state index contributed by atoms with van der Waals surface area (Å²) in [4.78, 5) is 24.8. The van der Waals surface area contributed by atoms with E-state index < -0.39 is 45.8 Å². The zero-order valence-corrected chi connectivity index (χ0v) is 17.5. The van der Waals surface area contributed by atoms with Crippen LogP contribution < -0.4 is 9.50 Å². The van der Waals surface area contributed by atoms with E-state index in [2.05, 4.69) is 9.50 Å². The molecule has 0 radical (unpaired) electrons. The number of ether oxygens (including phenoxy) is 2. The first-order valence-electron chi connectivity index (χ1n) is 9.61. The molecule has 0 spiro atoms.